The summed E-state index contributed by atoms with van der Waals surface area (Å²) in [5.41, 5.74) is 2.18. The van der Waals surface area contributed by atoms with Crippen molar-refractivity contribution in [2.45, 2.75) is 31.8 Å². The van der Waals surface area contributed by atoms with Gasteiger partial charge in [-0.3, -0.25) is 9.69 Å². The fourth-order valence-electron chi connectivity index (χ4n) is 3.86. The van der Waals surface area contributed by atoms with Crippen LogP contribution >= 0.6 is 0 Å². The highest BCUT2D eigenvalue weighted by molar-refractivity contribution is 5.97. The number of amides is 1. The van der Waals surface area contributed by atoms with Gasteiger partial charge in [0.25, 0.3) is 5.91 Å². The summed E-state index contributed by atoms with van der Waals surface area (Å²) in [4.78, 5) is 17.3. The van der Waals surface area contributed by atoms with E-state index >= 15 is 0 Å². The number of H-pyrrole nitrogens is 1. The summed E-state index contributed by atoms with van der Waals surface area (Å²) in [6, 6.07) is 6.28. The van der Waals surface area contributed by atoms with Crippen LogP contribution in [0.4, 0.5) is 0 Å². The van der Waals surface area contributed by atoms with Gasteiger partial charge in [-0.15, -0.1) is 0 Å². The molecule has 2 aliphatic rings. The van der Waals surface area contributed by atoms with Gasteiger partial charge in [0.15, 0.2) is 0 Å². The summed E-state index contributed by atoms with van der Waals surface area (Å²) in [5, 5.41) is 10.7. The molecule has 7 nitrogen and oxygen atoms in total. The number of morpholine rings is 1. The lowest BCUT2D eigenvalue weighted by atomic mass is 10.0. The lowest BCUT2D eigenvalue weighted by Gasteiger charge is -2.48. The molecule has 4 rings (SSSR count). The summed E-state index contributed by atoms with van der Waals surface area (Å²) < 4.78 is 5.78. The highest BCUT2D eigenvalue weighted by Crippen LogP contribution is 2.23. The van der Waals surface area contributed by atoms with Gasteiger partial charge >= 0.3 is 0 Å². The Kier molecular flexibility index (Phi) is 4.20. The third-order valence-electron chi connectivity index (χ3n) is 5.09. The maximum absolute atomic E-state index is 12.9. The average Bonchev–Trinajstić information content (AvgIpc) is 3.09. The number of aromatic amines is 1. The molecule has 1 amide bonds. The van der Waals surface area contributed by atoms with E-state index in [-0.39, 0.29) is 5.91 Å². The maximum Gasteiger partial charge on any atom is 0.254 e. The second-order valence-corrected chi connectivity index (χ2v) is 6.65. The number of hydrogen-bond donors (Lipinski definition) is 1. The van der Waals surface area contributed by atoms with Gasteiger partial charge in [0, 0.05) is 31.2 Å². The first-order valence-corrected chi connectivity index (χ1v) is 8.69. The first kappa shape index (κ1) is 15.5. The molecule has 0 bridgehead atoms. The fraction of sp³-hybridized carbons (Fsp3) is 0.588. The van der Waals surface area contributed by atoms with Crippen molar-refractivity contribution in [1.82, 2.24) is 25.2 Å². The Morgan fingerprint density at radius 1 is 1.29 bits per heavy atom. The molecular weight excluding hydrogens is 306 g/mol. The molecule has 0 radical (unpaired) electrons. The Bertz CT molecular complexity index is 729. The first-order valence-electron chi connectivity index (χ1n) is 8.69. The van der Waals surface area contributed by atoms with Gasteiger partial charge in [-0.05, 0) is 24.6 Å². The number of carbonyl (C=O) groups is 1. The van der Waals surface area contributed by atoms with Gasteiger partial charge in [0.2, 0.25) is 0 Å². The fourth-order valence-corrected chi connectivity index (χ4v) is 3.86. The minimum Gasteiger partial charge on any atom is -0.378 e. The van der Waals surface area contributed by atoms with Crippen molar-refractivity contribution in [1.29, 1.82) is 0 Å². The molecule has 2 saturated heterocycles. The minimum absolute atomic E-state index is 0.0668. The zero-order valence-corrected chi connectivity index (χ0v) is 13.9. The Labute approximate surface area is 140 Å². The van der Waals surface area contributed by atoms with E-state index in [1.807, 2.05) is 23.1 Å². The SMILES string of the molecule is CCCC1COCC2CN(C(=O)c3ccc4n[nH]nc4c3)CCN12. The van der Waals surface area contributed by atoms with E-state index in [9.17, 15) is 4.79 Å². The Balaban J connectivity index is 1.48. The summed E-state index contributed by atoms with van der Waals surface area (Å²) >= 11 is 0. The van der Waals surface area contributed by atoms with Crippen LogP contribution in [0.25, 0.3) is 11.0 Å². The molecule has 1 aromatic carbocycles. The second kappa shape index (κ2) is 6.49. The molecule has 2 atom stereocenters. The third-order valence-corrected chi connectivity index (χ3v) is 5.09. The third kappa shape index (κ3) is 2.78. The number of piperazine rings is 1. The zero-order valence-electron chi connectivity index (χ0n) is 13.9. The number of nitrogens with zero attached hydrogens (tertiary/aromatic N) is 4. The number of rotatable bonds is 3. The normalized spacial score (nSPS) is 25.0. The van der Waals surface area contributed by atoms with Crippen molar-refractivity contribution in [3.8, 4) is 0 Å². The lowest BCUT2D eigenvalue weighted by Crippen LogP contribution is -2.62. The second-order valence-electron chi connectivity index (χ2n) is 6.65. The van der Waals surface area contributed by atoms with Crippen LogP contribution in [0.1, 0.15) is 30.1 Å². The zero-order chi connectivity index (χ0) is 16.5. The molecule has 0 saturated carbocycles. The lowest BCUT2D eigenvalue weighted by molar-refractivity contribution is -0.0776. The van der Waals surface area contributed by atoms with E-state index in [4.69, 9.17) is 4.74 Å². The number of carbonyl (C=O) groups excluding carboxylic acids is 1. The van der Waals surface area contributed by atoms with Crippen molar-refractivity contribution in [3.05, 3.63) is 23.8 Å². The quantitative estimate of drug-likeness (QED) is 0.918. The van der Waals surface area contributed by atoms with Crippen LogP contribution in [0.15, 0.2) is 18.2 Å². The number of fused-ring (bicyclic) bond motifs is 2. The van der Waals surface area contributed by atoms with Crippen LogP contribution in [0.3, 0.4) is 0 Å². The summed E-state index contributed by atoms with van der Waals surface area (Å²) in [6.45, 7) is 6.18. The Morgan fingerprint density at radius 2 is 2.17 bits per heavy atom. The van der Waals surface area contributed by atoms with Gasteiger partial charge in [0.1, 0.15) is 11.0 Å². The minimum atomic E-state index is 0.0668. The molecule has 24 heavy (non-hydrogen) atoms. The van der Waals surface area contributed by atoms with Gasteiger partial charge in [-0.1, -0.05) is 13.3 Å². The van der Waals surface area contributed by atoms with Gasteiger partial charge in [0.05, 0.1) is 19.3 Å². The standard InChI is InChI=1S/C17H23N5O2/c1-2-3-13-10-24-11-14-9-21(6-7-22(13)14)17(23)12-4-5-15-16(8-12)19-20-18-15/h4-5,8,13-14H,2-3,6-7,9-11H2,1H3,(H,18,19,20). The molecule has 128 valence electrons. The predicted molar refractivity (Wildman–Crippen MR) is 89.8 cm³/mol. The van der Waals surface area contributed by atoms with E-state index in [0.717, 1.165) is 50.1 Å². The van der Waals surface area contributed by atoms with Crippen molar-refractivity contribution in [2.75, 3.05) is 32.8 Å². The summed E-state index contributed by atoms with van der Waals surface area (Å²) in [6.07, 6.45) is 2.32. The van der Waals surface area contributed by atoms with E-state index in [2.05, 4.69) is 27.2 Å². The van der Waals surface area contributed by atoms with Gasteiger partial charge in [-0.25, -0.2) is 0 Å². The molecule has 0 spiro atoms. The first-order chi connectivity index (χ1) is 11.8. The number of hydrogen-bond acceptors (Lipinski definition) is 5. The van der Waals surface area contributed by atoms with Crippen LogP contribution < -0.4 is 0 Å². The molecule has 1 N–H and O–H groups in total. The van der Waals surface area contributed by atoms with Crippen LogP contribution in [-0.2, 0) is 4.74 Å². The Morgan fingerprint density at radius 3 is 3.04 bits per heavy atom. The highest BCUT2D eigenvalue weighted by atomic mass is 16.5. The van der Waals surface area contributed by atoms with E-state index in [0.29, 0.717) is 24.3 Å². The molecule has 2 unspecified atom stereocenters. The van der Waals surface area contributed by atoms with Crippen molar-refractivity contribution in [3.63, 3.8) is 0 Å². The summed E-state index contributed by atoms with van der Waals surface area (Å²) in [5.74, 6) is 0.0668. The van der Waals surface area contributed by atoms with Crippen LogP contribution in [0.2, 0.25) is 0 Å². The topological polar surface area (TPSA) is 74.3 Å². The molecule has 7 heteroatoms. The highest BCUT2D eigenvalue weighted by Gasteiger charge is 2.36. The van der Waals surface area contributed by atoms with Crippen molar-refractivity contribution >= 4 is 16.9 Å². The largest absolute Gasteiger partial charge is 0.378 e. The molecule has 2 fully saturated rings. The molecule has 2 aromatic rings. The van der Waals surface area contributed by atoms with E-state index in [1.54, 1.807) is 0 Å². The molecule has 1 aromatic heterocycles. The average molecular weight is 329 g/mol. The van der Waals surface area contributed by atoms with Gasteiger partial charge < -0.3 is 9.64 Å². The smallest absolute Gasteiger partial charge is 0.254 e. The Hall–Kier alpha value is -1.99. The van der Waals surface area contributed by atoms with Crippen LogP contribution in [-0.4, -0.2) is 76.0 Å². The predicted octanol–water partition coefficient (Wildman–Crippen LogP) is 1.28. The van der Waals surface area contributed by atoms with Crippen LogP contribution in [0.5, 0.6) is 0 Å². The maximum atomic E-state index is 12.9. The molecule has 3 heterocycles. The summed E-state index contributed by atoms with van der Waals surface area (Å²) in [7, 11) is 0. The van der Waals surface area contributed by atoms with Crippen LogP contribution in [0, 0.1) is 0 Å². The molecule has 0 aliphatic carbocycles. The molecule has 2 aliphatic heterocycles. The number of aromatic nitrogens is 3. The van der Waals surface area contributed by atoms with Gasteiger partial charge in [-0.2, -0.15) is 15.4 Å². The number of benzene rings is 1. The van der Waals surface area contributed by atoms with E-state index in [1.165, 1.54) is 0 Å². The monoisotopic (exact) mass is 329 g/mol. The number of nitrogens with one attached hydrogen (secondary N) is 1. The van der Waals surface area contributed by atoms with Crippen molar-refractivity contribution < 1.29 is 9.53 Å². The number of ether oxygens (including phenoxy) is 1. The van der Waals surface area contributed by atoms with E-state index < -0.39 is 0 Å². The van der Waals surface area contributed by atoms with Crippen molar-refractivity contribution in [2.24, 2.45) is 0 Å². The molecular formula is C17H23N5O2.